The van der Waals surface area contributed by atoms with E-state index in [9.17, 15) is 4.79 Å². The molecule has 4 nitrogen and oxygen atoms in total. The molecule has 1 saturated heterocycles. The summed E-state index contributed by atoms with van der Waals surface area (Å²) in [5, 5.41) is 0.692. The largest absolute Gasteiger partial charge is 0.344 e. The maximum atomic E-state index is 11.9. The first-order chi connectivity index (χ1) is 12.2. The van der Waals surface area contributed by atoms with Gasteiger partial charge in [0.25, 0.3) is 5.56 Å². The highest BCUT2D eigenvalue weighted by Gasteiger charge is 2.32. The second kappa shape index (κ2) is 6.84. The number of hydrogen-bond acceptors (Lipinski definition) is 3. The van der Waals surface area contributed by atoms with Gasteiger partial charge in [-0.2, -0.15) is 0 Å². The Balaban J connectivity index is 1.62. The van der Waals surface area contributed by atoms with Gasteiger partial charge < -0.3 is 9.47 Å². The van der Waals surface area contributed by atoms with Crippen LogP contribution in [0.4, 0.5) is 0 Å². The molecule has 1 aliphatic heterocycles. The molecule has 1 aromatic heterocycles. The van der Waals surface area contributed by atoms with E-state index in [-0.39, 0.29) is 24.6 Å². The Labute approximate surface area is 150 Å². The lowest BCUT2D eigenvalue weighted by molar-refractivity contribution is 0.0382. The van der Waals surface area contributed by atoms with Crippen LogP contribution in [0.25, 0.3) is 5.69 Å². The normalized spacial score (nSPS) is 19.9. The second-order valence-corrected chi connectivity index (χ2v) is 6.28. The van der Waals surface area contributed by atoms with Crippen molar-refractivity contribution in [3.05, 3.63) is 99.4 Å². The highest BCUT2D eigenvalue weighted by molar-refractivity contribution is 6.30. The Morgan fingerprint density at radius 2 is 1.44 bits per heavy atom. The quantitative estimate of drug-likeness (QED) is 0.705. The molecule has 0 amide bonds. The van der Waals surface area contributed by atoms with Crippen LogP contribution in [0, 0.1) is 0 Å². The van der Waals surface area contributed by atoms with E-state index in [1.807, 2.05) is 54.6 Å². The summed E-state index contributed by atoms with van der Waals surface area (Å²) in [5.41, 5.74) is 2.78. The van der Waals surface area contributed by atoms with Crippen molar-refractivity contribution in [2.24, 2.45) is 0 Å². The lowest BCUT2D eigenvalue weighted by atomic mass is 9.98. The van der Waals surface area contributed by atoms with Crippen molar-refractivity contribution >= 4 is 11.6 Å². The zero-order chi connectivity index (χ0) is 17.2. The van der Waals surface area contributed by atoms with E-state index in [4.69, 9.17) is 21.1 Å². The number of ether oxygens (including phenoxy) is 2. The molecular weight excluding hydrogens is 338 g/mol. The van der Waals surface area contributed by atoms with Gasteiger partial charge in [0, 0.05) is 23.0 Å². The predicted octanol–water partition coefficient (Wildman–Crippen LogP) is 4.28. The van der Waals surface area contributed by atoms with Gasteiger partial charge in [0.15, 0.2) is 0 Å². The molecule has 3 aromatic rings. The third-order valence-corrected chi connectivity index (χ3v) is 4.54. The highest BCUT2D eigenvalue weighted by atomic mass is 35.5. The van der Waals surface area contributed by atoms with Crippen molar-refractivity contribution in [1.82, 2.24) is 4.57 Å². The maximum Gasteiger partial charge on any atom is 0.255 e. The van der Waals surface area contributed by atoms with Crippen molar-refractivity contribution in [3.63, 3.8) is 0 Å². The Morgan fingerprint density at radius 1 is 0.840 bits per heavy atom. The van der Waals surface area contributed by atoms with E-state index >= 15 is 0 Å². The molecular formula is C20H16ClNO3. The van der Waals surface area contributed by atoms with Gasteiger partial charge in [0.1, 0.15) is 19.0 Å². The zero-order valence-electron chi connectivity index (χ0n) is 13.3. The van der Waals surface area contributed by atoms with Crippen molar-refractivity contribution in [2.45, 2.75) is 12.2 Å². The lowest BCUT2D eigenvalue weighted by Gasteiger charge is -2.18. The standard InChI is InChI=1S/C20H16ClNO3/c21-16-8-4-14(5-9-16)19-20(25-13-24-19)15-6-10-17(11-7-15)22-12-2-1-3-18(22)23/h1-12,19-20H,13H2. The zero-order valence-corrected chi connectivity index (χ0v) is 14.1. The number of nitrogens with zero attached hydrogens (tertiary/aromatic N) is 1. The summed E-state index contributed by atoms with van der Waals surface area (Å²) in [6.07, 6.45) is 1.38. The van der Waals surface area contributed by atoms with Gasteiger partial charge in [-0.1, -0.05) is 41.9 Å². The molecule has 5 heteroatoms. The molecule has 2 unspecified atom stereocenters. The van der Waals surface area contributed by atoms with Crippen LogP contribution in [0.3, 0.4) is 0 Å². The van der Waals surface area contributed by atoms with E-state index in [0.717, 1.165) is 16.8 Å². The molecule has 4 rings (SSSR count). The summed E-state index contributed by atoms with van der Waals surface area (Å²) in [5.74, 6) is 0. The SMILES string of the molecule is O=c1ccccn1-c1ccc(C2OCOC2c2ccc(Cl)cc2)cc1. The molecule has 0 bridgehead atoms. The van der Waals surface area contributed by atoms with Crippen LogP contribution in [0.5, 0.6) is 0 Å². The average Bonchev–Trinajstić information content (AvgIpc) is 3.13. The molecule has 2 heterocycles. The first-order valence-electron chi connectivity index (χ1n) is 7.99. The van der Waals surface area contributed by atoms with Crippen LogP contribution >= 0.6 is 11.6 Å². The van der Waals surface area contributed by atoms with Crippen LogP contribution < -0.4 is 5.56 Å². The topological polar surface area (TPSA) is 40.5 Å². The van der Waals surface area contributed by atoms with Crippen molar-refractivity contribution in [3.8, 4) is 5.69 Å². The predicted molar refractivity (Wildman–Crippen MR) is 96.0 cm³/mol. The summed E-state index contributed by atoms with van der Waals surface area (Å²) in [7, 11) is 0. The number of aromatic nitrogens is 1. The van der Waals surface area contributed by atoms with Gasteiger partial charge in [-0.3, -0.25) is 9.36 Å². The van der Waals surface area contributed by atoms with Crippen LogP contribution in [-0.2, 0) is 9.47 Å². The van der Waals surface area contributed by atoms with E-state index < -0.39 is 0 Å². The number of halogens is 1. The van der Waals surface area contributed by atoms with Gasteiger partial charge in [0.2, 0.25) is 0 Å². The molecule has 1 fully saturated rings. The average molecular weight is 354 g/mol. The molecule has 0 radical (unpaired) electrons. The van der Waals surface area contributed by atoms with Gasteiger partial charge in [0.05, 0.1) is 0 Å². The fourth-order valence-electron chi connectivity index (χ4n) is 3.02. The Morgan fingerprint density at radius 3 is 2.04 bits per heavy atom. The molecule has 0 aliphatic carbocycles. The molecule has 0 spiro atoms. The summed E-state index contributed by atoms with van der Waals surface area (Å²) in [4.78, 5) is 11.9. The fraction of sp³-hybridized carbons (Fsp3) is 0.150. The van der Waals surface area contributed by atoms with E-state index in [1.54, 1.807) is 22.9 Å². The number of rotatable bonds is 3. The minimum absolute atomic E-state index is 0.0604. The highest BCUT2D eigenvalue weighted by Crippen LogP contribution is 2.40. The van der Waals surface area contributed by atoms with Crippen LogP contribution in [-0.4, -0.2) is 11.4 Å². The summed E-state index contributed by atoms with van der Waals surface area (Å²) < 4.78 is 13.1. The first kappa shape index (κ1) is 16.1. The summed E-state index contributed by atoms with van der Waals surface area (Å²) in [6.45, 7) is 0.248. The fourth-order valence-corrected chi connectivity index (χ4v) is 3.15. The van der Waals surface area contributed by atoms with Gasteiger partial charge in [-0.15, -0.1) is 0 Å². The first-order valence-corrected chi connectivity index (χ1v) is 8.37. The molecule has 0 N–H and O–H groups in total. The van der Waals surface area contributed by atoms with Crippen molar-refractivity contribution < 1.29 is 9.47 Å². The van der Waals surface area contributed by atoms with E-state index in [2.05, 4.69) is 0 Å². The van der Waals surface area contributed by atoms with Gasteiger partial charge in [-0.05, 0) is 41.5 Å². The Kier molecular flexibility index (Phi) is 4.40. The monoisotopic (exact) mass is 353 g/mol. The Hall–Kier alpha value is -2.40. The minimum Gasteiger partial charge on any atom is -0.344 e. The number of benzene rings is 2. The van der Waals surface area contributed by atoms with Gasteiger partial charge in [-0.25, -0.2) is 0 Å². The summed E-state index contributed by atoms with van der Waals surface area (Å²) in [6, 6.07) is 20.5. The molecule has 126 valence electrons. The minimum atomic E-state index is -0.192. The molecule has 2 aromatic carbocycles. The van der Waals surface area contributed by atoms with Crippen LogP contribution in [0.15, 0.2) is 77.7 Å². The van der Waals surface area contributed by atoms with Gasteiger partial charge >= 0.3 is 0 Å². The maximum absolute atomic E-state index is 11.9. The summed E-state index contributed by atoms with van der Waals surface area (Å²) >= 11 is 5.96. The smallest absolute Gasteiger partial charge is 0.255 e. The van der Waals surface area contributed by atoms with Crippen LogP contribution in [0.2, 0.25) is 5.02 Å². The van der Waals surface area contributed by atoms with Crippen molar-refractivity contribution in [2.75, 3.05) is 6.79 Å². The molecule has 25 heavy (non-hydrogen) atoms. The molecule has 2 atom stereocenters. The van der Waals surface area contributed by atoms with Crippen LogP contribution in [0.1, 0.15) is 23.3 Å². The second-order valence-electron chi connectivity index (χ2n) is 5.84. The third kappa shape index (κ3) is 3.24. The van der Waals surface area contributed by atoms with E-state index in [0.29, 0.717) is 5.02 Å². The van der Waals surface area contributed by atoms with Crippen molar-refractivity contribution in [1.29, 1.82) is 0 Å². The van der Waals surface area contributed by atoms with E-state index in [1.165, 1.54) is 0 Å². The third-order valence-electron chi connectivity index (χ3n) is 4.29. The number of pyridine rings is 1. The molecule has 1 aliphatic rings. The lowest BCUT2D eigenvalue weighted by Crippen LogP contribution is -2.15. The Bertz CT molecular complexity index is 919. The molecule has 0 saturated carbocycles. The number of hydrogen-bond donors (Lipinski definition) is 0.